The van der Waals surface area contributed by atoms with Gasteiger partial charge in [-0.3, -0.25) is 4.79 Å². The summed E-state index contributed by atoms with van der Waals surface area (Å²) in [5.41, 5.74) is 6.72. The molecular formula is C16H22ClF3N2O2. The van der Waals surface area contributed by atoms with Gasteiger partial charge in [-0.1, -0.05) is 25.0 Å². The Labute approximate surface area is 145 Å². The van der Waals surface area contributed by atoms with E-state index < -0.39 is 6.36 Å². The van der Waals surface area contributed by atoms with Crippen LogP contribution in [0.25, 0.3) is 0 Å². The lowest BCUT2D eigenvalue weighted by Crippen LogP contribution is -2.36. The topological polar surface area (TPSA) is 64.4 Å². The molecule has 0 heterocycles. The molecule has 24 heavy (non-hydrogen) atoms. The second kappa shape index (κ2) is 9.13. The summed E-state index contributed by atoms with van der Waals surface area (Å²) in [6.07, 6.45) is -0.153. The van der Waals surface area contributed by atoms with Crippen molar-refractivity contribution in [2.45, 2.75) is 51.1 Å². The molecule has 1 aromatic carbocycles. The molecule has 1 fully saturated rings. The molecule has 1 aliphatic carbocycles. The number of carbonyl (C=O) groups is 1. The molecule has 0 radical (unpaired) electrons. The van der Waals surface area contributed by atoms with E-state index in [1.165, 1.54) is 24.3 Å². The zero-order valence-electron chi connectivity index (χ0n) is 13.1. The molecule has 1 saturated carbocycles. The van der Waals surface area contributed by atoms with Gasteiger partial charge in [-0.25, -0.2) is 0 Å². The lowest BCUT2D eigenvalue weighted by molar-refractivity contribution is -0.274. The first-order valence-corrected chi connectivity index (χ1v) is 7.70. The number of nitrogens with one attached hydrogen (secondary N) is 1. The summed E-state index contributed by atoms with van der Waals surface area (Å²) in [6.45, 7) is 0.271. The Kier molecular flexibility index (Phi) is 7.83. The molecule has 8 heteroatoms. The molecule has 1 amide bonds. The van der Waals surface area contributed by atoms with Crippen LogP contribution in [-0.2, 0) is 11.3 Å². The number of benzene rings is 1. The Balaban J connectivity index is 0.00000288. The van der Waals surface area contributed by atoms with E-state index in [0.29, 0.717) is 12.0 Å². The first kappa shape index (κ1) is 20.6. The van der Waals surface area contributed by atoms with Gasteiger partial charge in [0.05, 0.1) is 0 Å². The highest BCUT2D eigenvalue weighted by Crippen LogP contribution is 2.25. The normalized spacial score (nSPS) is 20.8. The second-order valence-corrected chi connectivity index (χ2v) is 5.88. The number of carbonyl (C=O) groups excluding carboxylic acids is 1. The molecule has 0 spiro atoms. The van der Waals surface area contributed by atoms with Crippen molar-refractivity contribution >= 4 is 18.3 Å². The van der Waals surface area contributed by atoms with Crippen molar-refractivity contribution in [2.24, 2.45) is 11.7 Å². The van der Waals surface area contributed by atoms with E-state index in [0.717, 1.165) is 25.7 Å². The molecule has 1 aliphatic rings. The standard InChI is InChI=1S/C16H21F3N2O2.ClH/c17-16(18,19)23-13-7-5-11(6-8-13)10-21-15(22)9-12-3-1-2-4-14(12)20;/h5-8,12,14H,1-4,9-10,20H2,(H,21,22);1H. The quantitative estimate of drug-likeness (QED) is 0.837. The van der Waals surface area contributed by atoms with Crippen molar-refractivity contribution in [3.8, 4) is 5.75 Å². The SMILES string of the molecule is Cl.NC1CCCCC1CC(=O)NCc1ccc(OC(F)(F)F)cc1. The predicted octanol–water partition coefficient (Wildman–Crippen LogP) is 3.53. The number of nitrogens with two attached hydrogens (primary N) is 1. The number of ether oxygens (including phenoxy) is 1. The van der Waals surface area contributed by atoms with Gasteiger partial charge in [0.1, 0.15) is 5.75 Å². The summed E-state index contributed by atoms with van der Waals surface area (Å²) in [5, 5.41) is 2.78. The largest absolute Gasteiger partial charge is 0.573 e. The number of amides is 1. The summed E-state index contributed by atoms with van der Waals surface area (Å²) in [7, 11) is 0. The van der Waals surface area contributed by atoms with Crippen LogP contribution >= 0.6 is 12.4 Å². The molecule has 4 nitrogen and oxygen atoms in total. The average Bonchev–Trinajstić information content (AvgIpc) is 2.47. The molecule has 0 aliphatic heterocycles. The highest BCUT2D eigenvalue weighted by molar-refractivity contribution is 5.85. The Morgan fingerprint density at radius 1 is 1.21 bits per heavy atom. The van der Waals surface area contributed by atoms with Gasteiger partial charge in [0.2, 0.25) is 5.91 Å². The molecule has 2 unspecified atom stereocenters. The van der Waals surface area contributed by atoms with Crippen LogP contribution in [0.4, 0.5) is 13.2 Å². The van der Waals surface area contributed by atoms with Crippen LogP contribution in [-0.4, -0.2) is 18.3 Å². The molecule has 136 valence electrons. The van der Waals surface area contributed by atoms with E-state index in [2.05, 4.69) is 10.1 Å². The van der Waals surface area contributed by atoms with Crippen LogP contribution in [0, 0.1) is 5.92 Å². The highest BCUT2D eigenvalue weighted by Gasteiger charge is 2.31. The van der Waals surface area contributed by atoms with Gasteiger partial charge < -0.3 is 15.8 Å². The van der Waals surface area contributed by atoms with E-state index in [1.807, 2.05) is 0 Å². The highest BCUT2D eigenvalue weighted by atomic mass is 35.5. The smallest absolute Gasteiger partial charge is 0.406 e. The lowest BCUT2D eigenvalue weighted by Gasteiger charge is -2.27. The third kappa shape index (κ3) is 6.97. The van der Waals surface area contributed by atoms with Crippen LogP contribution in [0.3, 0.4) is 0 Å². The van der Waals surface area contributed by atoms with E-state index in [4.69, 9.17) is 5.73 Å². The number of alkyl halides is 3. The summed E-state index contributed by atoms with van der Waals surface area (Å²) >= 11 is 0. The van der Waals surface area contributed by atoms with Crippen molar-refractivity contribution < 1.29 is 22.7 Å². The minimum atomic E-state index is -4.70. The van der Waals surface area contributed by atoms with Gasteiger partial charge in [-0.2, -0.15) is 0 Å². The van der Waals surface area contributed by atoms with Crippen molar-refractivity contribution in [1.82, 2.24) is 5.32 Å². The summed E-state index contributed by atoms with van der Waals surface area (Å²) in [6, 6.07) is 5.52. The first-order chi connectivity index (χ1) is 10.8. The number of hydrogen-bond donors (Lipinski definition) is 2. The summed E-state index contributed by atoms with van der Waals surface area (Å²) < 4.78 is 40.0. The van der Waals surface area contributed by atoms with Crippen LogP contribution < -0.4 is 15.8 Å². The van der Waals surface area contributed by atoms with E-state index >= 15 is 0 Å². The van der Waals surface area contributed by atoms with Crippen LogP contribution in [0.5, 0.6) is 5.75 Å². The Hall–Kier alpha value is -1.47. The van der Waals surface area contributed by atoms with Crippen molar-refractivity contribution in [2.75, 3.05) is 0 Å². The maximum atomic E-state index is 12.1. The Bertz CT molecular complexity index is 523. The van der Waals surface area contributed by atoms with Crippen LogP contribution in [0.1, 0.15) is 37.7 Å². The maximum Gasteiger partial charge on any atom is 0.573 e. The molecule has 2 atom stereocenters. The summed E-state index contributed by atoms with van der Waals surface area (Å²) in [5.74, 6) is -0.143. The molecule has 0 bridgehead atoms. The Morgan fingerprint density at radius 3 is 2.42 bits per heavy atom. The number of rotatable bonds is 5. The molecule has 3 N–H and O–H groups in total. The predicted molar refractivity (Wildman–Crippen MR) is 86.8 cm³/mol. The van der Waals surface area contributed by atoms with Gasteiger partial charge >= 0.3 is 6.36 Å². The third-order valence-electron chi connectivity index (χ3n) is 4.06. The van der Waals surface area contributed by atoms with Crippen LogP contribution in [0.2, 0.25) is 0 Å². The fraction of sp³-hybridized carbons (Fsp3) is 0.562. The van der Waals surface area contributed by atoms with E-state index in [1.54, 1.807) is 0 Å². The lowest BCUT2D eigenvalue weighted by atomic mass is 9.83. The van der Waals surface area contributed by atoms with Gasteiger partial charge in [-0.05, 0) is 36.5 Å². The van der Waals surface area contributed by atoms with Gasteiger partial charge in [0, 0.05) is 19.0 Å². The van der Waals surface area contributed by atoms with E-state index in [9.17, 15) is 18.0 Å². The fourth-order valence-electron chi connectivity index (χ4n) is 2.81. The first-order valence-electron chi connectivity index (χ1n) is 7.70. The van der Waals surface area contributed by atoms with E-state index in [-0.39, 0.29) is 42.6 Å². The maximum absolute atomic E-state index is 12.1. The van der Waals surface area contributed by atoms with Gasteiger partial charge in [-0.15, -0.1) is 25.6 Å². The van der Waals surface area contributed by atoms with Crippen molar-refractivity contribution in [3.63, 3.8) is 0 Å². The zero-order chi connectivity index (χ0) is 16.9. The molecular weight excluding hydrogens is 345 g/mol. The number of hydrogen-bond acceptors (Lipinski definition) is 3. The second-order valence-electron chi connectivity index (χ2n) is 5.88. The molecule has 1 aromatic rings. The van der Waals surface area contributed by atoms with Crippen LogP contribution in [0.15, 0.2) is 24.3 Å². The molecule has 0 aromatic heterocycles. The fourth-order valence-corrected chi connectivity index (χ4v) is 2.81. The minimum absolute atomic E-state index is 0. The number of halogens is 4. The average molecular weight is 367 g/mol. The zero-order valence-corrected chi connectivity index (χ0v) is 14.0. The van der Waals surface area contributed by atoms with Gasteiger partial charge in [0.15, 0.2) is 0 Å². The monoisotopic (exact) mass is 366 g/mol. The minimum Gasteiger partial charge on any atom is -0.406 e. The third-order valence-corrected chi connectivity index (χ3v) is 4.06. The molecule has 0 saturated heterocycles. The van der Waals surface area contributed by atoms with Crippen molar-refractivity contribution in [1.29, 1.82) is 0 Å². The summed E-state index contributed by atoms with van der Waals surface area (Å²) in [4.78, 5) is 11.9. The van der Waals surface area contributed by atoms with Crippen molar-refractivity contribution in [3.05, 3.63) is 29.8 Å². The molecule has 2 rings (SSSR count). The Morgan fingerprint density at radius 2 is 1.83 bits per heavy atom. The van der Waals surface area contributed by atoms with Gasteiger partial charge in [0.25, 0.3) is 0 Å².